The van der Waals surface area contributed by atoms with E-state index in [4.69, 9.17) is 5.21 Å². The number of hydroxylamine groups is 1. The Bertz CT molecular complexity index is 898. The number of carbonyl (C=O) groups excluding carboxylic acids is 2. The molecule has 0 radical (unpaired) electrons. The second-order valence-electron chi connectivity index (χ2n) is 6.90. The maximum Gasteiger partial charge on any atom is 0.267 e. The van der Waals surface area contributed by atoms with Crippen LogP contribution in [-0.4, -0.2) is 48.0 Å². The van der Waals surface area contributed by atoms with Crippen LogP contribution in [0, 0.1) is 0 Å². The van der Waals surface area contributed by atoms with Crippen LogP contribution in [0.2, 0.25) is 0 Å². The van der Waals surface area contributed by atoms with Gasteiger partial charge in [-0.1, -0.05) is 48.5 Å². The number of allylic oxidation sites excluding steroid dienone is 1. The van der Waals surface area contributed by atoms with E-state index in [2.05, 4.69) is 10.2 Å². The molecule has 2 aromatic rings. The molecule has 1 aliphatic rings. The summed E-state index contributed by atoms with van der Waals surface area (Å²) in [4.78, 5) is 25.9. The molecule has 0 atom stereocenters. The molecule has 0 aromatic heterocycles. The van der Waals surface area contributed by atoms with Crippen LogP contribution in [0.4, 0.5) is 0 Å². The quantitative estimate of drug-likeness (QED) is 0.292. The molecule has 0 unspecified atom stereocenters. The maximum atomic E-state index is 12.5. The van der Waals surface area contributed by atoms with Crippen LogP contribution < -0.4 is 10.8 Å². The van der Waals surface area contributed by atoms with E-state index in [9.17, 15) is 9.59 Å². The lowest BCUT2D eigenvalue weighted by Gasteiger charge is -2.27. The van der Waals surface area contributed by atoms with Gasteiger partial charge in [0.1, 0.15) is 0 Å². The second-order valence-corrected chi connectivity index (χ2v) is 6.90. The lowest BCUT2D eigenvalue weighted by atomic mass is 10.1. The largest absolute Gasteiger partial charge is 0.314 e. The van der Waals surface area contributed by atoms with Gasteiger partial charge in [0, 0.05) is 44.4 Å². The predicted octanol–water partition coefficient (Wildman–Crippen LogP) is 2.51. The normalized spacial score (nSPS) is 15.1. The van der Waals surface area contributed by atoms with Crippen molar-refractivity contribution in [3.8, 4) is 0 Å². The lowest BCUT2D eigenvalue weighted by molar-refractivity contribution is -0.124. The van der Waals surface area contributed by atoms with E-state index in [-0.39, 0.29) is 5.78 Å². The standard InChI is InChI=1S/C23H25N3O3/c27-22(10-6-18-2-1-3-19(16-18)7-11-23(28)25-29)21-8-4-20(5-9-21)17-26-14-12-24-13-15-26/h1-11,16,24,29H,12-15,17H2,(H,25,28). The highest BCUT2D eigenvalue weighted by Gasteiger charge is 2.10. The van der Waals surface area contributed by atoms with Gasteiger partial charge in [0.2, 0.25) is 0 Å². The zero-order valence-corrected chi connectivity index (χ0v) is 16.2. The molecular weight excluding hydrogens is 366 g/mol. The van der Waals surface area contributed by atoms with Crippen molar-refractivity contribution < 1.29 is 14.8 Å². The molecule has 3 N–H and O–H groups in total. The van der Waals surface area contributed by atoms with Gasteiger partial charge in [0.05, 0.1) is 0 Å². The molecule has 0 saturated carbocycles. The van der Waals surface area contributed by atoms with Crippen LogP contribution in [0.3, 0.4) is 0 Å². The summed E-state index contributed by atoms with van der Waals surface area (Å²) in [5.74, 6) is -0.652. The number of hydrogen-bond acceptors (Lipinski definition) is 5. The topological polar surface area (TPSA) is 81.7 Å². The van der Waals surface area contributed by atoms with Gasteiger partial charge in [-0.2, -0.15) is 0 Å². The van der Waals surface area contributed by atoms with Gasteiger partial charge in [0.15, 0.2) is 5.78 Å². The van der Waals surface area contributed by atoms with E-state index >= 15 is 0 Å². The third-order valence-electron chi connectivity index (χ3n) is 4.73. The molecule has 2 aromatic carbocycles. The third kappa shape index (κ3) is 6.50. The number of hydrogen-bond donors (Lipinski definition) is 3. The van der Waals surface area contributed by atoms with Crippen molar-refractivity contribution >= 4 is 23.8 Å². The fourth-order valence-corrected chi connectivity index (χ4v) is 3.15. The van der Waals surface area contributed by atoms with Crippen molar-refractivity contribution in [2.24, 2.45) is 0 Å². The summed E-state index contributed by atoms with van der Waals surface area (Å²) in [7, 11) is 0. The Hall–Kier alpha value is -3.06. The average Bonchev–Trinajstić information content (AvgIpc) is 2.77. The highest BCUT2D eigenvalue weighted by Crippen LogP contribution is 2.12. The van der Waals surface area contributed by atoms with Crippen LogP contribution >= 0.6 is 0 Å². The SMILES string of the molecule is O=C(C=Cc1cccc(C=CC(=O)c2ccc(CN3CCNCC3)cc2)c1)NO. The highest BCUT2D eigenvalue weighted by molar-refractivity contribution is 6.06. The Morgan fingerprint density at radius 3 is 2.31 bits per heavy atom. The summed E-state index contributed by atoms with van der Waals surface area (Å²) in [6.07, 6.45) is 6.12. The van der Waals surface area contributed by atoms with Crippen LogP contribution in [-0.2, 0) is 11.3 Å². The van der Waals surface area contributed by atoms with Crippen LogP contribution in [0.25, 0.3) is 12.2 Å². The first kappa shape index (κ1) is 20.7. The summed E-state index contributed by atoms with van der Waals surface area (Å²) >= 11 is 0. The minimum atomic E-state index is -0.596. The number of nitrogens with zero attached hydrogens (tertiary/aromatic N) is 1. The molecular formula is C23H25N3O3. The fourth-order valence-electron chi connectivity index (χ4n) is 3.15. The molecule has 0 spiro atoms. The second kappa shape index (κ2) is 10.5. The summed E-state index contributed by atoms with van der Waals surface area (Å²) in [6, 6.07) is 15.2. The Labute approximate surface area is 170 Å². The molecule has 6 nitrogen and oxygen atoms in total. The molecule has 6 heteroatoms. The molecule has 0 bridgehead atoms. The summed E-state index contributed by atoms with van der Waals surface area (Å²) < 4.78 is 0. The number of piperazine rings is 1. The zero-order valence-electron chi connectivity index (χ0n) is 16.2. The summed E-state index contributed by atoms with van der Waals surface area (Å²) in [6.45, 7) is 5.03. The van der Waals surface area contributed by atoms with Gasteiger partial charge >= 0.3 is 0 Å². The minimum absolute atomic E-state index is 0.0562. The molecule has 1 saturated heterocycles. The van der Waals surface area contributed by atoms with E-state index in [0.29, 0.717) is 5.56 Å². The van der Waals surface area contributed by atoms with Crippen molar-refractivity contribution in [3.63, 3.8) is 0 Å². The molecule has 150 valence electrons. The summed E-state index contributed by atoms with van der Waals surface area (Å²) in [5.41, 5.74) is 5.05. The van der Waals surface area contributed by atoms with E-state index < -0.39 is 5.91 Å². The first-order valence-corrected chi connectivity index (χ1v) is 9.61. The smallest absolute Gasteiger partial charge is 0.267 e. The molecule has 0 aliphatic carbocycles. The van der Waals surface area contributed by atoms with Gasteiger partial charge in [-0.3, -0.25) is 19.7 Å². The summed E-state index contributed by atoms with van der Waals surface area (Å²) in [5, 5.41) is 11.9. The van der Waals surface area contributed by atoms with Gasteiger partial charge < -0.3 is 5.32 Å². The fraction of sp³-hybridized carbons (Fsp3) is 0.217. The van der Waals surface area contributed by atoms with Crippen molar-refractivity contribution in [2.45, 2.75) is 6.54 Å². The van der Waals surface area contributed by atoms with E-state index in [1.165, 1.54) is 11.6 Å². The monoisotopic (exact) mass is 391 g/mol. The predicted molar refractivity (Wildman–Crippen MR) is 113 cm³/mol. The molecule has 29 heavy (non-hydrogen) atoms. The Morgan fingerprint density at radius 2 is 1.66 bits per heavy atom. The average molecular weight is 391 g/mol. The lowest BCUT2D eigenvalue weighted by Crippen LogP contribution is -2.42. The molecule has 1 amide bonds. The Kier molecular flexibility index (Phi) is 7.47. The molecule has 1 aliphatic heterocycles. The minimum Gasteiger partial charge on any atom is -0.314 e. The van der Waals surface area contributed by atoms with E-state index in [1.807, 2.05) is 48.5 Å². The number of amides is 1. The molecule has 3 rings (SSSR count). The van der Waals surface area contributed by atoms with Crippen molar-refractivity contribution in [1.82, 2.24) is 15.7 Å². The van der Waals surface area contributed by atoms with Crippen LogP contribution in [0.5, 0.6) is 0 Å². The molecule has 1 fully saturated rings. The first-order valence-electron chi connectivity index (χ1n) is 9.61. The van der Waals surface area contributed by atoms with Crippen LogP contribution in [0.15, 0.2) is 60.7 Å². The number of ketones is 1. The maximum absolute atomic E-state index is 12.5. The van der Waals surface area contributed by atoms with Crippen molar-refractivity contribution in [3.05, 3.63) is 82.9 Å². The molecule has 1 heterocycles. The van der Waals surface area contributed by atoms with Gasteiger partial charge in [0.25, 0.3) is 5.91 Å². The number of benzene rings is 2. The van der Waals surface area contributed by atoms with Crippen molar-refractivity contribution in [1.29, 1.82) is 0 Å². The van der Waals surface area contributed by atoms with Gasteiger partial charge in [-0.15, -0.1) is 0 Å². The van der Waals surface area contributed by atoms with Gasteiger partial charge in [-0.05, 0) is 34.9 Å². The highest BCUT2D eigenvalue weighted by atomic mass is 16.5. The zero-order chi connectivity index (χ0) is 20.5. The Balaban J connectivity index is 1.60. The van der Waals surface area contributed by atoms with E-state index in [1.54, 1.807) is 23.7 Å². The van der Waals surface area contributed by atoms with Gasteiger partial charge in [-0.25, -0.2) is 5.48 Å². The number of rotatable bonds is 7. The number of nitrogens with one attached hydrogen (secondary N) is 2. The van der Waals surface area contributed by atoms with E-state index in [0.717, 1.165) is 43.9 Å². The first-order chi connectivity index (χ1) is 14.1. The third-order valence-corrected chi connectivity index (χ3v) is 4.73. The van der Waals surface area contributed by atoms with Crippen LogP contribution in [0.1, 0.15) is 27.0 Å². The number of carbonyl (C=O) groups is 2. The van der Waals surface area contributed by atoms with Crippen molar-refractivity contribution in [2.75, 3.05) is 26.2 Å². The Morgan fingerprint density at radius 1 is 1.00 bits per heavy atom.